The largest absolute Gasteiger partial charge is 0.454 e. The van der Waals surface area contributed by atoms with Gasteiger partial charge in [0, 0.05) is 12.7 Å². The Bertz CT molecular complexity index is 861. The molecule has 0 unspecified atom stereocenters. The number of hydrogen-bond acceptors (Lipinski definition) is 6. The van der Waals surface area contributed by atoms with Gasteiger partial charge in [-0.25, -0.2) is 0 Å². The smallest absolute Gasteiger partial charge is 0.280 e. The number of imide groups is 1. The Kier molecular flexibility index (Phi) is 3.57. The summed E-state index contributed by atoms with van der Waals surface area (Å²) in [4.78, 5) is 41.3. The van der Waals surface area contributed by atoms with E-state index in [0.717, 1.165) is 10.5 Å². The fourth-order valence-electron chi connectivity index (χ4n) is 2.71. The van der Waals surface area contributed by atoms with Gasteiger partial charge in [0.2, 0.25) is 12.7 Å². The van der Waals surface area contributed by atoms with Crippen LogP contribution in [0, 0.1) is 0 Å². The summed E-state index contributed by atoms with van der Waals surface area (Å²) < 4.78 is 10.5. The number of amides is 3. The van der Waals surface area contributed by atoms with Gasteiger partial charge in [-0.1, -0.05) is 6.07 Å². The zero-order valence-electron chi connectivity index (χ0n) is 13.0. The van der Waals surface area contributed by atoms with Crippen LogP contribution >= 0.6 is 0 Å². The first kappa shape index (κ1) is 15.1. The molecule has 0 saturated heterocycles. The highest BCUT2D eigenvalue weighted by Crippen LogP contribution is 2.32. The lowest BCUT2D eigenvalue weighted by Gasteiger charge is -2.13. The van der Waals surface area contributed by atoms with Gasteiger partial charge in [-0.3, -0.25) is 24.3 Å². The van der Waals surface area contributed by atoms with Gasteiger partial charge in [-0.2, -0.15) is 0 Å². The number of nitrogens with zero attached hydrogens (tertiary/aromatic N) is 2. The molecule has 2 aliphatic rings. The lowest BCUT2D eigenvalue weighted by atomic mass is 10.2. The van der Waals surface area contributed by atoms with Crippen molar-refractivity contribution < 1.29 is 23.9 Å². The van der Waals surface area contributed by atoms with Gasteiger partial charge in [-0.05, 0) is 29.8 Å². The van der Waals surface area contributed by atoms with E-state index in [0.29, 0.717) is 11.5 Å². The molecule has 8 nitrogen and oxygen atoms in total. The molecule has 8 heteroatoms. The molecule has 1 aromatic carbocycles. The predicted octanol–water partition coefficient (Wildman–Crippen LogP) is 0.723. The molecule has 1 N–H and O–H groups in total. The standard InChI is InChI=1S/C17H13N3O5/c21-14(19-7-10-3-4-12-13(6-10)25-9-24-12)8-20-16(22)11-2-1-5-18-15(11)17(20)23/h1-6H,7-9H2,(H,19,21). The second-order valence-corrected chi connectivity index (χ2v) is 5.56. The number of pyridine rings is 1. The van der Waals surface area contributed by atoms with Crippen molar-refractivity contribution in [2.45, 2.75) is 6.54 Å². The van der Waals surface area contributed by atoms with Crippen LogP contribution in [-0.4, -0.2) is 40.9 Å². The third-order valence-corrected chi connectivity index (χ3v) is 3.96. The van der Waals surface area contributed by atoms with E-state index in [9.17, 15) is 14.4 Å². The molecule has 0 bridgehead atoms. The minimum atomic E-state index is -0.557. The van der Waals surface area contributed by atoms with Gasteiger partial charge >= 0.3 is 0 Å². The van der Waals surface area contributed by atoms with Gasteiger partial charge in [0.15, 0.2) is 11.5 Å². The predicted molar refractivity (Wildman–Crippen MR) is 84.0 cm³/mol. The van der Waals surface area contributed by atoms with E-state index in [1.807, 2.05) is 0 Å². The van der Waals surface area contributed by atoms with E-state index in [-0.39, 0.29) is 31.1 Å². The van der Waals surface area contributed by atoms with Crippen molar-refractivity contribution in [1.82, 2.24) is 15.2 Å². The highest BCUT2D eigenvalue weighted by Gasteiger charge is 2.37. The average Bonchev–Trinajstić information content (AvgIpc) is 3.19. The van der Waals surface area contributed by atoms with Crippen LogP contribution in [0.2, 0.25) is 0 Å². The summed E-state index contributed by atoms with van der Waals surface area (Å²) in [6.07, 6.45) is 1.44. The molecule has 0 aliphatic carbocycles. The fraction of sp³-hybridized carbons (Fsp3) is 0.176. The van der Waals surface area contributed by atoms with Gasteiger partial charge < -0.3 is 14.8 Å². The molecule has 4 rings (SSSR count). The van der Waals surface area contributed by atoms with Gasteiger partial charge in [0.05, 0.1) is 5.56 Å². The molecule has 0 atom stereocenters. The molecular formula is C17H13N3O5. The summed E-state index contributed by atoms with van der Waals surface area (Å²) >= 11 is 0. The first-order valence-electron chi connectivity index (χ1n) is 7.60. The normalized spacial score (nSPS) is 14.6. The van der Waals surface area contributed by atoms with Gasteiger partial charge in [-0.15, -0.1) is 0 Å². The molecule has 3 amide bonds. The maximum Gasteiger partial charge on any atom is 0.280 e. The van der Waals surface area contributed by atoms with E-state index in [2.05, 4.69) is 10.3 Å². The number of nitrogens with one attached hydrogen (secondary N) is 1. The third-order valence-electron chi connectivity index (χ3n) is 3.96. The van der Waals surface area contributed by atoms with Crippen LogP contribution in [0.25, 0.3) is 0 Å². The van der Waals surface area contributed by atoms with Gasteiger partial charge in [0.1, 0.15) is 12.2 Å². The van der Waals surface area contributed by atoms with Crippen LogP contribution in [0.15, 0.2) is 36.5 Å². The zero-order valence-corrected chi connectivity index (χ0v) is 13.0. The quantitative estimate of drug-likeness (QED) is 0.825. The summed E-state index contributed by atoms with van der Waals surface area (Å²) in [5, 5.41) is 2.68. The summed E-state index contributed by atoms with van der Waals surface area (Å²) in [7, 11) is 0. The zero-order chi connectivity index (χ0) is 17.4. The van der Waals surface area contributed by atoms with E-state index < -0.39 is 17.7 Å². The van der Waals surface area contributed by atoms with E-state index in [1.54, 1.807) is 24.3 Å². The van der Waals surface area contributed by atoms with E-state index >= 15 is 0 Å². The monoisotopic (exact) mass is 339 g/mol. The number of carbonyl (C=O) groups excluding carboxylic acids is 3. The summed E-state index contributed by atoms with van der Waals surface area (Å²) in [5.41, 5.74) is 1.12. The Morgan fingerprint density at radius 3 is 2.84 bits per heavy atom. The SMILES string of the molecule is O=C(CN1C(=O)c2cccnc2C1=O)NCc1ccc2c(c1)OCO2. The molecule has 1 aromatic heterocycles. The van der Waals surface area contributed by atoms with Crippen molar-refractivity contribution in [3.63, 3.8) is 0 Å². The first-order valence-corrected chi connectivity index (χ1v) is 7.60. The first-order chi connectivity index (χ1) is 12.1. The highest BCUT2D eigenvalue weighted by atomic mass is 16.7. The minimum Gasteiger partial charge on any atom is -0.454 e. The Hall–Kier alpha value is -3.42. The molecule has 0 fully saturated rings. The number of carbonyl (C=O) groups is 3. The van der Waals surface area contributed by atoms with E-state index in [4.69, 9.17) is 9.47 Å². The number of benzene rings is 1. The summed E-state index contributed by atoms with van der Waals surface area (Å²) in [6, 6.07) is 8.44. The van der Waals surface area contributed by atoms with Crippen LogP contribution in [0.4, 0.5) is 0 Å². The molecule has 2 aromatic rings. The number of aromatic nitrogens is 1. The molecule has 0 radical (unpaired) electrons. The van der Waals surface area contributed by atoms with Crippen LogP contribution in [-0.2, 0) is 11.3 Å². The fourth-order valence-corrected chi connectivity index (χ4v) is 2.71. The van der Waals surface area contributed by atoms with Crippen LogP contribution < -0.4 is 14.8 Å². The number of rotatable bonds is 4. The molecule has 0 saturated carbocycles. The maximum atomic E-state index is 12.2. The topological polar surface area (TPSA) is 97.8 Å². The molecule has 3 heterocycles. The van der Waals surface area contributed by atoms with Crippen molar-refractivity contribution in [2.24, 2.45) is 0 Å². The summed E-state index contributed by atoms with van der Waals surface area (Å²) in [5.74, 6) is -0.218. The molecule has 25 heavy (non-hydrogen) atoms. The Balaban J connectivity index is 1.38. The maximum absolute atomic E-state index is 12.2. The molecule has 126 valence electrons. The Morgan fingerprint density at radius 1 is 1.16 bits per heavy atom. The average molecular weight is 339 g/mol. The lowest BCUT2D eigenvalue weighted by Crippen LogP contribution is -2.40. The van der Waals surface area contributed by atoms with Crippen molar-refractivity contribution >= 4 is 17.7 Å². The Morgan fingerprint density at radius 2 is 2.00 bits per heavy atom. The van der Waals surface area contributed by atoms with Crippen molar-refractivity contribution in [3.8, 4) is 11.5 Å². The second-order valence-electron chi connectivity index (χ2n) is 5.56. The van der Waals surface area contributed by atoms with Crippen molar-refractivity contribution in [3.05, 3.63) is 53.3 Å². The van der Waals surface area contributed by atoms with E-state index in [1.165, 1.54) is 12.3 Å². The Labute approximate surface area is 142 Å². The molecule has 0 spiro atoms. The highest BCUT2D eigenvalue weighted by molar-refractivity contribution is 6.21. The second kappa shape index (κ2) is 5.90. The number of ether oxygens (including phenoxy) is 2. The molecule has 2 aliphatic heterocycles. The van der Waals surface area contributed by atoms with Crippen LogP contribution in [0.1, 0.15) is 26.4 Å². The third kappa shape index (κ3) is 2.67. The van der Waals surface area contributed by atoms with Gasteiger partial charge in [0.25, 0.3) is 11.8 Å². The van der Waals surface area contributed by atoms with Crippen LogP contribution in [0.5, 0.6) is 11.5 Å². The minimum absolute atomic E-state index is 0.0797. The lowest BCUT2D eigenvalue weighted by molar-refractivity contribution is -0.121. The van der Waals surface area contributed by atoms with Crippen LogP contribution in [0.3, 0.4) is 0 Å². The van der Waals surface area contributed by atoms with Crippen molar-refractivity contribution in [1.29, 1.82) is 0 Å². The summed E-state index contributed by atoms with van der Waals surface area (Å²) in [6.45, 7) is 0.0778. The van der Waals surface area contributed by atoms with Crippen molar-refractivity contribution in [2.75, 3.05) is 13.3 Å². The number of hydrogen-bond donors (Lipinski definition) is 1. The number of fused-ring (bicyclic) bond motifs is 2. The molecular weight excluding hydrogens is 326 g/mol.